The fraction of sp³-hybridized carbons (Fsp3) is 0.333. The zero-order valence-electron chi connectivity index (χ0n) is 16.3. The summed E-state index contributed by atoms with van der Waals surface area (Å²) in [7, 11) is 0. The molecule has 0 saturated carbocycles. The van der Waals surface area contributed by atoms with Crippen molar-refractivity contribution in [2.24, 2.45) is 5.73 Å². The number of ether oxygens (including phenoxy) is 1. The maximum Gasteiger partial charge on any atom is 0.416 e. The SMILES string of the molecule is Cc1c([C@@H](N)Nc2nncc3ccc(O[C@H]4CCNC4)cc23)cccc1C(F)(F)F. The first-order valence-corrected chi connectivity index (χ1v) is 9.64. The van der Waals surface area contributed by atoms with Gasteiger partial charge in [-0.3, -0.25) is 0 Å². The molecule has 9 heteroatoms. The number of anilines is 1. The van der Waals surface area contributed by atoms with Crippen molar-refractivity contribution >= 4 is 16.6 Å². The van der Waals surface area contributed by atoms with Crippen molar-refractivity contribution in [3.8, 4) is 5.75 Å². The van der Waals surface area contributed by atoms with Crippen LogP contribution in [0.25, 0.3) is 10.8 Å². The predicted molar refractivity (Wildman–Crippen MR) is 108 cm³/mol. The van der Waals surface area contributed by atoms with E-state index in [1.165, 1.54) is 13.0 Å². The lowest BCUT2D eigenvalue weighted by atomic mass is 10.00. The Balaban J connectivity index is 1.63. The first-order valence-electron chi connectivity index (χ1n) is 9.64. The summed E-state index contributed by atoms with van der Waals surface area (Å²) < 4.78 is 45.7. The summed E-state index contributed by atoms with van der Waals surface area (Å²) >= 11 is 0. The molecule has 4 rings (SSSR count). The summed E-state index contributed by atoms with van der Waals surface area (Å²) in [4.78, 5) is 0. The van der Waals surface area contributed by atoms with E-state index in [4.69, 9.17) is 10.5 Å². The number of nitrogens with one attached hydrogen (secondary N) is 2. The largest absolute Gasteiger partial charge is 0.489 e. The third kappa shape index (κ3) is 4.17. The summed E-state index contributed by atoms with van der Waals surface area (Å²) in [5.41, 5.74) is 5.93. The highest BCUT2D eigenvalue weighted by Crippen LogP contribution is 2.35. The fourth-order valence-corrected chi connectivity index (χ4v) is 3.68. The third-order valence-electron chi connectivity index (χ3n) is 5.26. The predicted octanol–water partition coefficient (Wildman–Crippen LogP) is 3.77. The highest BCUT2D eigenvalue weighted by Gasteiger charge is 2.33. The molecule has 158 valence electrons. The number of hydrogen-bond donors (Lipinski definition) is 3. The molecule has 2 heterocycles. The van der Waals surface area contributed by atoms with Crippen molar-refractivity contribution in [1.29, 1.82) is 0 Å². The number of rotatable bonds is 5. The molecule has 4 N–H and O–H groups in total. The average molecular weight is 417 g/mol. The summed E-state index contributed by atoms with van der Waals surface area (Å²) in [6, 6.07) is 9.55. The fourth-order valence-electron chi connectivity index (χ4n) is 3.68. The quantitative estimate of drug-likeness (QED) is 0.548. The topological polar surface area (TPSA) is 85.1 Å². The molecule has 0 radical (unpaired) electrons. The van der Waals surface area contributed by atoms with Gasteiger partial charge in [0.05, 0.1) is 11.8 Å². The van der Waals surface area contributed by atoms with Gasteiger partial charge in [0.25, 0.3) is 0 Å². The van der Waals surface area contributed by atoms with Gasteiger partial charge < -0.3 is 21.1 Å². The van der Waals surface area contributed by atoms with E-state index >= 15 is 0 Å². The van der Waals surface area contributed by atoms with Gasteiger partial charge in [0, 0.05) is 17.3 Å². The van der Waals surface area contributed by atoms with Gasteiger partial charge in [-0.05, 0) is 55.3 Å². The second-order valence-electron chi connectivity index (χ2n) is 7.31. The zero-order chi connectivity index (χ0) is 21.3. The van der Waals surface area contributed by atoms with Crippen LogP contribution in [0.3, 0.4) is 0 Å². The molecule has 3 aromatic rings. The second kappa shape index (κ2) is 8.08. The molecule has 0 bridgehead atoms. The smallest absolute Gasteiger partial charge is 0.416 e. The van der Waals surface area contributed by atoms with Crippen LogP contribution in [0.1, 0.15) is 29.3 Å². The van der Waals surface area contributed by atoms with E-state index in [2.05, 4.69) is 20.8 Å². The zero-order valence-corrected chi connectivity index (χ0v) is 16.3. The number of fused-ring (bicyclic) bond motifs is 1. The molecule has 1 saturated heterocycles. The van der Waals surface area contributed by atoms with Crippen LogP contribution in [0.2, 0.25) is 0 Å². The van der Waals surface area contributed by atoms with E-state index in [9.17, 15) is 13.2 Å². The number of nitrogens with two attached hydrogens (primary N) is 1. The Kier molecular flexibility index (Phi) is 5.48. The first-order chi connectivity index (χ1) is 14.3. The molecule has 6 nitrogen and oxygen atoms in total. The lowest BCUT2D eigenvalue weighted by Gasteiger charge is -2.20. The highest BCUT2D eigenvalue weighted by molar-refractivity contribution is 5.92. The van der Waals surface area contributed by atoms with Crippen LogP contribution in [0.5, 0.6) is 5.75 Å². The number of halogens is 3. The number of hydrogen-bond acceptors (Lipinski definition) is 6. The molecular weight excluding hydrogens is 395 g/mol. The summed E-state index contributed by atoms with van der Waals surface area (Å²) in [6.07, 6.45) is -2.69. The van der Waals surface area contributed by atoms with Gasteiger partial charge in [0.15, 0.2) is 5.82 Å². The second-order valence-corrected chi connectivity index (χ2v) is 7.31. The molecule has 1 aromatic heterocycles. The van der Waals surface area contributed by atoms with Crippen molar-refractivity contribution in [2.45, 2.75) is 31.8 Å². The molecule has 1 fully saturated rings. The molecular formula is C21H22F3N5O. The van der Waals surface area contributed by atoms with Crippen molar-refractivity contribution in [1.82, 2.24) is 15.5 Å². The molecule has 0 spiro atoms. The van der Waals surface area contributed by atoms with Crippen molar-refractivity contribution in [3.63, 3.8) is 0 Å². The maximum absolute atomic E-state index is 13.2. The lowest BCUT2D eigenvalue weighted by molar-refractivity contribution is -0.138. The van der Waals surface area contributed by atoms with Crippen LogP contribution >= 0.6 is 0 Å². The Hall–Kier alpha value is -2.91. The molecule has 2 atom stereocenters. The van der Waals surface area contributed by atoms with Crippen LogP contribution < -0.4 is 21.1 Å². The van der Waals surface area contributed by atoms with Gasteiger partial charge >= 0.3 is 6.18 Å². The van der Waals surface area contributed by atoms with E-state index in [-0.39, 0.29) is 11.7 Å². The monoisotopic (exact) mass is 417 g/mol. The van der Waals surface area contributed by atoms with Crippen LogP contribution in [0.15, 0.2) is 42.6 Å². The lowest BCUT2D eigenvalue weighted by Crippen LogP contribution is -2.23. The standard InChI is InChI=1S/C21H22F3N5O/c1-12-16(3-2-4-18(12)21(22,23)24)19(25)28-20-17-9-14(30-15-7-8-26-11-15)6-5-13(17)10-27-29-20/h2-6,9-10,15,19,26H,7-8,11,25H2,1H3,(H,28,29)/t15-,19-/m0/s1. The average Bonchev–Trinajstić information content (AvgIpc) is 3.20. The molecule has 1 aliphatic heterocycles. The van der Waals surface area contributed by atoms with Gasteiger partial charge in [-0.2, -0.15) is 18.3 Å². The molecule has 0 aliphatic carbocycles. The Morgan fingerprint density at radius 3 is 2.83 bits per heavy atom. The molecule has 1 aliphatic rings. The minimum absolute atomic E-state index is 0.0796. The Morgan fingerprint density at radius 2 is 2.10 bits per heavy atom. The number of alkyl halides is 3. The van der Waals surface area contributed by atoms with Gasteiger partial charge in [-0.25, -0.2) is 0 Å². The highest BCUT2D eigenvalue weighted by atomic mass is 19.4. The molecule has 0 amide bonds. The van der Waals surface area contributed by atoms with E-state index in [1.807, 2.05) is 18.2 Å². The van der Waals surface area contributed by atoms with Crippen LogP contribution in [-0.4, -0.2) is 29.4 Å². The number of nitrogens with zero attached hydrogens (tertiary/aromatic N) is 2. The van der Waals surface area contributed by atoms with E-state index < -0.39 is 17.9 Å². The Labute approximate surface area is 171 Å². The van der Waals surface area contributed by atoms with E-state index in [0.29, 0.717) is 17.1 Å². The Morgan fingerprint density at radius 1 is 1.27 bits per heavy atom. The summed E-state index contributed by atoms with van der Waals surface area (Å²) in [6.45, 7) is 3.12. The molecule has 30 heavy (non-hydrogen) atoms. The number of benzene rings is 2. The molecule has 0 unspecified atom stereocenters. The third-order valence-corrected chi connectivity index (χ3v) is 5.26. The maximum atomic E-state index is 13.2. The van der Waals surface area contributed by atoms with Gasteiger partial charge in [-0.15, -0.1) is 5.10 Å². The normalized spacial score (nSPS) is 17.8. The Bertz CT molecular complexity index is 1050. The van der Waals surface area contributed by atoms with E-state index in [1.54, 1.807) is 12.3 Å². The van der Waals surface area contributed by atoms with Crippen LogP contribution in [0.4, 0.5) is 19.0 Å². The summed E-state index contributed by atoms with van der Waals surface area (Å²) in [5.74, 6) is 1.07. The van der Waals surface area contributed by atoms with Gasteiger partial charge in [0.2, 0.25) is 0 Å². The van der Waals surface area contributed by atoms with Gasteiger partial charge in [0.1, 0.15) is 18.0 Å². The van der Waals surface area contributed by atoms with E-state index in [0.717, 1.165) is 36.3 Å². The summed E-state index contributed by atoms with van der Waals surface area (Å²) in [5, 5.41) is 15.9. The van der Waals surface area contributed by atoms with Crippen molar-refractivity contribution in [2.75, 3.05) is 18.4 Å². The van der Waals surface area contributed by atoms with Crippen LogP contribution in [-0.2, 0) is 6.18 Å². The first kappa shape index (κ1) is 20.4. The van der Waals surface area contributed by atoms with Gasteiger partial charge in [-0.1, -0.05) is 12.1 Å². The minimum atomic E-state index is -4.44. The van der Waals surface area contributed by atoms with Crippen molar-refractivity contribution in [3.05, 3.63) is 59.3 Å². The van der Waals surface area contributed by atoms with Crippen molar-refractivity contribution < 1.29 is 17.9 Å². The molecule has 2 aromatic carbocycles. The number of aromatic nitrogens is 2. The minimum Gasteiger partial charge on any atom is -0.489 e. The van der Waals surface area contributed by atoms with Crippen LogP contribution in [0, 0.1) is 6.92 Å².